The van der Waals surface area contributed by atoms with E-state index in [1.54, 1.807) is 0 Å². The third kappa shape index (κ3) is 5.92. The van der Waals surface area contributed by atoms with Gasteiger partial charge in [-0.25, -0.2) is 0 Å². The molecule has 0 aromatic carbocycles. The van der Waals surface area contributed by atoms with Crippen molar-refractivity contribution in [1.29, 1.82) is 0 Å². The van der Waals surface area contributed by atoms with Crippen molar-refractivity contribution in [2.24, 2.45) is 0 Å². The summed E-state index contributed by atoms with van der Waals surface area (Å²) in [6, 6.07) is 0. The Labute approximate surface area is 51.2 Å². The van der Waals surface area contributed by atoms with E-state index in [2.05, 4.69) is 5.32 Å². The molecule has 0 aromatic rings. The quantitative estimate of drug-likeness (QED) is 0.420. The van der Waals surface area contributed by atoms with E-state index in [1.807, 2.05) is 6.92 Å². The lowest BCUT2D eigenvalue weighted by Gasteiger charge is -1.97. The maximum Gasteiger partial charge on any atom is 0.0477 e. The van der Waals surface area contributed by atoms with Gasteiger partial charge in [0.05, 0.1) is 0 Å². The zero-order valence-corrected chi connectivity index (χ0v) is 5.31. The Kier molecular flexibility index (Phi) is 6.85. The summed E-state index contributed by atoms with van der Waals surface area (Å²) < 4.78 is 5.04. The van der Waals surface area contributed by atoms with Gasteiger partial charge in [-0.3, -0.25) is 0 Å². The highest BCUT2D eigenvalue weighted by molar-refractivity contribution is 4.41. The molecule has 2 nitrogen and oxygen atoms in total. The Hall–Kier alpha value is -0.0800. The van der Waals surface area contributed by atoms with E-state index in [4.69, 9.17) is 11.8 Å². The molecule has 1 N–H and O–H groups in total. The van der Waals surface area contributed by atoms with E-state index in [9.17, 15) is 0 Å². The first-order valence-corrected chi connectivity index (χ1v) is 2.93. The van der Waals surface area contributed by atoms with Crippen molar-refractivity contribution in [2.45, 2.75) is 13.3 Å². The highest BCUT2D eigenvalue weighted by atomic mass is 16.5. The van der Waals surface area contributed by atoms with Crippen LogP contribution in [-0.4, -0.2) is 19.8 Å². The van der Waals surface area contributed by atoms with E-state index in [0.717, 1.165) is 26.2 Å². The summed E-state index contributed by atoms with van der Waals surface area (Å²) in [7, 11) is 5.01. The molecule has 8 heavy (non-hydrogen) atoms. The average molecular weight is 115 g/mol. The Morgan fingerprint density at radius 1 is 1.62 bits per heavy atom. The van der Waals surface area contributed by atoms with Gasteiger partial charge < -0.3 is 10.1 Å². The standard InChI is InChI=1S/C6H13NO/c1-3-8-6-4-5-7-2/h2,7H,3-6H2,1H3. The van der Waals surface area contributed by atoms with Gasteiger partial charge in [-0.1, -0.05) is 0 Å². The maximum atomic E-state index is 5.04. The second-order valence-corrected chi connectivity index (χ2v) is 1.50. The number of hydrogen-bond acceptors (Lipinski definition) is 2. The van der Waals surface area contributed by atoms with Gasteiger partial charge in [0.15, 0.2) is 0 Å². The summed E-state index contributed by atoms with van der Waals surface area (Å²) in [5.74, 6) is 0. The molecule has 2 heteroatoms. The summed E-state index contributed by atoms with van der Waals surface area (Å²) in [5.41, 5.74) is 0. The van der Waals surface area contributed by atoms with Crippen LogP contribution >= 0.6 is 0 Å². The Morgan fingerprint density at radius 3 is 2.88 bits per heavy atom. The van der Waals surface area contributed by atoms with Crippen LogP contribution in [0, 0.1) is 7.05 Å². The van der Waals surface area contributed by atoms with Crippen molar-refractivity contribution in [3.8, 4) is 0 Å². The molecule has 0 saturated carbocycles. The average Bonchev–Trinajstić information content (AvgIpc) is 1.81. The van der Waals surface area contributed by atoms with Gasteiger partial charge >= 0.3 is 0 Å². The second-order valence-electron chi connectivity index (χ2n) is 1.50. The molecule has 0 aliphatic heterocycles. The first-order chi connectivity index (χ1) is 3.91. The molecule has 0 amide bonds. The van der Waals surface area contributed by atoms with Gasteiger partial charge in [-0.15, -0.1) is 0 Å². The van der Waals surface area contributed by atoms with Gasteiger partial charge in [0.1, 0.15) is 0 Å². The highest BCUT2D eigenvalue weighted by Crippen LogP contribution is 1.78. The molecule has 0 aromatic heterocycles. The minimum absolute atomic E-state index is 0.796. The molecule has 0 saturated heterocycles. The fourth-order valence-electron chi connectivity index (χ4n) is 0.421. The van der Waals surface area contributed by atoms with Gasteiger partial charge in [-0.05, 0) is 19.9 Å². The van der Waals surface area contributed by atoms with Crippen LogP contribution in [0.5, 0.6) is 0 Å². The fourth-order valence-corrected chi connectivity index (χ4v) is 0.421. The van der Waals surface area contributed by atoms with E-state index in [0.29, 0.717) is 0 Å². The third-order valence-electron chi connectivity index (χ3n) is 0.814. The minimum atomic E-state index is 0.796. The Morgan fingerprint density at radius 2 is 2.38 bits per heavy atom. The lowest BCUT2D eigenvalue weighted by Crippen LogP contribution is -2.07. The van der Waals surface area contributed by atoms with Crippen molar-refractivity contribution in [3.63, 3.8) is 0 Å². The van der Waals surface area contributed by atoms with Crippen LogP contribution in [0.1, 0.15) is 13.3 Å². The number of hydrogen-bond donors (Lipinski definition) is 1. The van der Waals surface area contributed by atoms with Crippen LogP contribution in [0.3, 0.4) is 0 Å². The zero-order valence-electron chi connectivity index (χ0n) is 5.31. The van der Waals surface area contributed by atoms with Crippen LogP contribution in [0.15, 0.2) is 0 Å². The molecular formula is C6H13NO. The molecule has 0 bridgehead atoms. The lowest BCUT2D eigenvalue weighted by atomic mass is 10.4. The fraction of sp³-hybridized carbons (Fsp3) is 0.833. The molecule has 0 rings (SSSR count). The lowest BCUT2D eigenvalue weighted by molar-refractivity contribution is 0.145. The van der Waals surface area contributed by atoms with E-state index < -0.39 is 0 Å². The molecule has 0 unspecified atom stereocenters. The summed E-state index contributed by atoms with van der Waals surface area (Å²) in [6.07, 6.45) is 0.990. The van der Waals surface area contributed by atoms with Gasteiger partial charge in [0.2, 0.25) is 0 Å². The topological polar surface area (TPSA) is 21.3 Å². The molecule has 0 atom stereocenters. The van der Waals surface area contributed by atoms with E-state index in [-0.39, 0.29) is 0 Å². The van der Waals surface area contributed by atoms with E-state index >= 15 is 0 Å². The zero-order chi connectivity index (χ0) is 6.24. The number of rotatable bonds is 5. The normalized spacial score (nSPS) is 9.75. The summed E-state index contributed by atoms with van der Waals surface area (Å²) >= 11 is 0. The first-order valence-electron chi connectivity index (χ1n) is 2.93. The molecule has 2 radical (unpaired) electrons. The molecule has 0 aliphatic rings. The molecule has 0 aliphatic carbocycles. The maximum absolute atomic E-state index is 5.04. The van der Waals surface area contributed by atoms with E-state index in [1.165, 1.54) is 0 Å². The van der Waals surface area contributed by atoms with Crippen LogP contribution in [0.2, 0.25) is 0 Å². The molecule has 48 valence electrons. The summed E-state index contributed by atoms with van der Waals surface area (Å²) in [4.78, 5) is 0. The summed E-state index contributed by atoms with van der Waals surface area (Å²) in [6.45, 7) is 4.42. The van der Waals surface area contributed by atoms with Crippen LogP contribution in [-0.2, 0) is 4.74 Å². The van der Waals surface area contributed by atoms with Gasteiger partial charge in [0, 0.05) is 20.3 Å². The largest absolute Gasteiger partial charge is 0.382 e. The van der Waals surface area contributed by atoms with Crippen molar-refractivity contribution in [1.82, 2.24) is 5.32 Å². The smallest absolute Gasteiger partial charge is 0.0477 e. The minimum Gasteiger partial charge on any atom is -0.382 e. The predicted octanol–water partition coefficient (Wildman–Crippen LogP) is 0.671. The van der Waals surface area contributed by atoms with Crippen LogP contribution in [0.4, 0.5) is 0 Å². The van der Waals surface area contributed by atoms with Crippen molar-refractivity contribution in [2.75, 3.05) is 19.8 Å². The molecule has 0 fully saturated rings. The predicted molar refractivity (Wildman–Crippen MR) is 33.4 cm³/mol. The van der Waals surface area contributed by atoms with Crippen LogP contribution < -0.4 is 5.32 Å². The van der Waals surface area contributed by atoms with Gasteiger partial charge in [0.25, 0.3) is 0 Å². The third-order valence-corrected chi connectivity index (χ3v) is 0.814. The Balaban J connectivity index is 2.53. The van der Waals surface area contributed by atoms with Crippen molar-refractivity contribution in [3.05, 3.63) is 7.05 Å². The molecule has 0 spiro atoms. The second kappa shape index (κ2) is 6.92. The number of nitrogens with one attached hydrogen (secondary N) is 1. The highest BCUT2D eigenvalue weighted by Gasteiger charge is 1.81. The number of ether oxygens (including phenoxy) is 1. The SMILES string of the molecule is [CH]NCCCOCC. The summed E-state index contributed by atoms with van der Waals surface area (Å²) in [5, 5.41) is 2.55. The first kappa shape index (κ1) is 7.92. The van der Waals surface area contributed by atoms with Crippen LogP contribution in [0.25, 0.3) is 0 Å². The monoisotopic (exact) mass is 115 g/mol. The van der Waals surface area contributed by atoms with Crippen molar-refractivity contribution >= 4 is 0 Å². The van der Waals surface area contributed by atoms with Crippen molar-refractivity contribution < 1.29 is 4.74 Å². The molecular weight excluding hydrogens is 102 g/mol. The van der Waals surface area contributed by atoms with Gasteiger partial charge in [-0.2, -0.15) is 0 Å². The molecule has 0 heterocycles. The Bertz CT molecular complexity index is 33.5.